The summed E-state index contributed by atoms with van der Waals surface area (Å²) in [6.07, 6.45) is 2.09. The van der Waals surface area contributed by atoms with Crippen molar-refractivity contribution >= 4 is 11.7 Å². The lowest BCUT2D eigenvalue weighted by molar-refractivity contribution is 0.148. The largest absolute Gasteiger partial charge is 0.493 e. The van der Waals surface area contributed by atoms with Gasteiger partial charge < -0.3 is 25.0 Å². The average molecular weight is 469 g/mol. The summed E-state index contributed by atoms with van der Waals surface area (Å²) in [6.45, 7) is 10.9. The fraction of sp³-hybridized carbons (Fsp3) is 0.519. The van der Waals surface area contributed by atoms with Gasteiger partial charge in [0.25, 0.3) is 0 Å². The van der Waals surface area contributed by atoms with Crippen molar-refractivity contribution in [3.05, 3.63) is 53.6 Å². The normalized spacial score (nSPS) is 14.7. The first-order chi connectivity index (χ1) is 16.4. The maximum absolute atomic E-state index is 12.4. The molecule has 7 nitrogen and oxygen atoms in total. The van der Waals surface area contributed by atoms with E-state index in [2.05, 4.69) is 65.6 Å². The Morgan fingerprint density at radius 1 is 1.00 bits per heavy atom. The van der Waals surface area contributed by atoms with Crippen molar-refractivity contribution in [1.29, 1.82) is 0 Å². The van der Waals surface area contributed by atoms with Crippen LogP contribution in [0.15, 0.2) is 42.5 Å². The van der Waals surface area contributed by atoms with Crippen LogP contribution >= 0.6 is 0 Å². The monoisotopic (exact) mass is 468 g/mol. The third-order valence-electron chi connectivity index (χ3n) is 6.08. The molecule has 1 aliphatic rings. The predicted octanol–water partition coefficient (Wildman–Crippen LogP) is 4.58. The number of anilines is 1. The van der Waals surface area contributed by atoms with E-state index in [1.807, 2.05) is 12.1 Å². The van der Waals surface area contributed by atoms with Crippen LogP contribution in [0, 0.1) is 5.92 Å². The molecule has 7 heteroatoms. The number of amides is 2. The molecular weight excluding hydrogens is 428 g/mol. The summed E-state index contributed by atoms with van der Waals surface area (Å²) < 4.78 is 11.3. The van der Waals surface area contributed by atoms with Gasteiger partial charge in [-0.25, -0.2) is 4.79 Å². The zero-order valence-corrected chi connectivity index (χ0v) is 21.1. The molecule has 0 aliphatic carbocycles. The molecule has 0 aromatic heterocycles. The van der Waals surface area contributed by atoms with Gasteiger partial charge in [-0.2, -0.15) is 0 Å². The predicted molar refractivity (Wildman–Crippen MR) is 138 cm³/mol. The number of nitrogens with one attached hydrogen (secondary N) is 2. The lowest BCUT2D eigenvalue weighted by atomic mass is 10.1. The SMILES string of the molecule is COc1ccc(NC(=O)NCc2ccc(CN3CCN(C)CC3)cc2)cc1OCCCC(C)C. The van der Waals surface area contributed by atoms with Gasteiger partial charge in [0.1, 0.15) is 0 Å². The van der Waals surface area contributed by atoms with E-state index in [9.17, 15) is 4.79 Å². The molecule has 2 aromatic carbocycles. The van der Waals surface area contributed by atoms with E-state index in [0.717, 1.165) is 51.1 Å². The Hall–Kier alpha value is -2.77. The molecule has 1 aliphatic heterocycles. The topological polar surface area (TPSA) is 66.1 Å². The molecule has 2 amide bonds. The van der Waals surface area contributed by atoms with Crippen molar-refractivity contribution in [2.75, 3.05) is 52.3 Å². The highest BCUT2D eigenvalue weighted by atomic mass is 16.5. The third-order valence-corrected chi connectivity index (χ3v) is 6.08. The van der Waals surface area contributed by atoms with E-state index >= 15 is 0 Å². The molecule has 0 unspecified atom stereocenters. The summed E-state index contributed by atoms with van der Waals surface area (Å²) in [5.74, 6) is 1.95. The quantitative estimate of drug-likeness (QED) is 0.473. The lowest BCUT2D eigenvalue weighted by Gasteiger charge is -2.32. The molecule has 1 fully saturated rings. The van der Waals surface area contributed by atoms with Crippen LogP contribution in [0.3, 0.4) is 0 Å². The van der Waals surface area contributed by atoms with E-state index in [1.54, 1.807) is 13.2 Å². The summed E-state index contributed by atoms with van der Waals surface area (Å²) in [7, 11) is 3.79. The van der Waals surface area contributed by atoms with Gasteiger partial charge in [0.15, 0.2) is 11.5 Å². The number of likely N-dealkylation sites (N-methyl/N-ethyl adjacent to an activating group) is 1. The van der Waals surface area contributed by atoms with Gasteiger partial charge in [0.05, 0.1) is 13.7 Å². The van der Waals surface area contributed by atoms with Crippen molar-refractivity contribution in [3.8, 4) is 11.5 Å². The smallest absolute Gasteiger partial charge is 0.319 e. The molecule has 34 heavy (non-hydrogen) atoms. The highest BCUT2D eigenvalue weighted by Gasteiger charge is 2.14. The molecule has 1 heterocycles. The van der Waals surface area contributed by atoms with Gasteiger partial charge in [-0.15, -0.1) is 0 Å². The Balaban J connectivity index is 1.45. The second kappa shape index (κ2) is 13.2. The fourth-order valence-electron chi connectivity index (χ4n) is 3.93. The van der Waals surface area contributed by atoms with Crippen molar-refractivity contribution in [2.24, 2.45) is 5.92 Å². The molecule has 2 aromatic rings. The van der Waals surface area contributed by atoms with Crippen LogP contribution in [-0.4, -0.2) is 62.8 Å². The van der Waals surface area contributed by atoms with Crippen molar-refractivity contribution in [2.45, 2.75) is 39.8 Å². The summed E-state index contributed by atoms with van der Waals surface area (Å²) in [4.78, 5) is 17.3. The molecule has 0 radical (unpaired) electrons. The molecule has 0 spiro atoms. The Labute approximate surface area is 204 Å². The van der Waals surface area contributed by atoms with Gasteiger partial charge in [-0.3, -0.25) is 4.90 Å². The zero-order chi connectivity index (χ0) is 24.3. The molecule has 0 atom stereocenters. The van der Waals surface area contributed by atoms with Crippen LogP contribution in [-0.2, 0) is 13.1 Å². The summed E-state index contributed by atoms with van der Waals surface area (Å²) in [5, 5.41) is 5.81. The minimum atomic E-state index is -0.252. The highest BCUT2D eigenvalue weighted by molar-refractivity contribution is 5.89. The lowest BCUT2D eigenvalue weighted by Crippen LogP contribution is -2.43. The summed E-state index contributed by atoms with van der Waals surface area (Å²) in [6, 6.07) is 13.7. The van der Waals surface area contributed by atoms with Crippen LogP contribution in [0.5, 0.6) is 11.5 Å². The number of urea groups is 1. The maximum atomic E-state index is 12.4. The Bertz CT molecular complexity index is 893. The Morgan fingerprint density at radius 2 is 1.71 bits per heavy atom. The molecule has 0 saturated carbocycles. The Kier molecular flexibility index (Phi) is 10.0. The standard InChI is InChI=1S/C27H40N4O3/c1-21(2)6-5-17-34-26-18-24(11-12-25(26)33-4)29-27(32)28-19-22-7-9-23(10-8-22)20-31-15-13-30(3)14-16-31/h7-12,18,21H,5-6,13-17,19-20H2,1-4H3,(H2,28,29,32). The summed E-state index contributed by atoms with van der Waals surface area (Å²) in [5.41, 5.74) is 3.04. The van der Waals surface area contributed by atoms with Gasteiger partial charge >= 0.3 is 6.03 Å². The van der Waals surface area contributed by atoms with Gasteiger partial charge in [0.2, 0.25) is 0 Å². The molecule has 2 N–H and O–H groups in total. The van der Waals surface area contributed by atoms with Crippen LogP contribution in [0.1, 0.15) is 37.8 Å². The minimum Gasteiger partial charge on any atom is -0.493 e. The van der Waals surface area contributed by atoms with Gasteiger partial charge in [-0.1, -0.05) is 38.1 Å². The Morgan fingerprint density at radius 3 is 2.38 bits per heavy atom. The zero-order valence-electron chi connectivity index (χ0n) is 21.1. The number of hydrogen-bond donors (Lipinski definition) is 2. The minimum absolute atomic E-state index is 0.252. The van der Waals surface area contributed by atoms with Crippen molar-refractivity contribution in [1.82, 2.24) is 15.1 Å². The summed E-state index contributed by atoms with van der Waals surface area (Å²) >= 11 is 0. The first-order valence-electron chi connectivity index (χ1n) is 12.3. The molecule has 186 valence electrons. The van der Waals surface area contributed by atoms with Crippen LogP contribution < -0.4 is 20.1 Å². The number of hydrogen-bond acceptors (Lipinski definition) is 5. The van der Waals surface area contributed by atoms with Crippen LogP contribution in [0.2, 0.25) is 0 Å². The second-order valence-corrected chi connectivity index (χ2v) is 9.45. The first-order valence-corrected chi connectivity index (χ1v) is 12.3. The fourth-order valence-corrected chi connectivity index (χ4v) is 3.93. The molecule has 0 bridgehead atoms. The second-order valence-electron chi connectivity index (χ2n) is 9.45. The molecular formula is C27H40N4O3. The molecule has 1 saturated heterocycles. The average Bonchev–Trinajstić information content (AvgIpc) is 2.83. The number of methoxy groups -OCH3 is 1. The van der Waals surface area contributed by atoms with Crippen molar-refractivity contribution in [3.63, 3.8) is 0 Å². The highest BCUT2D eigenvalue weighted by Crippen LogP contribution is 2.30. The van der Waals surface area contributed by atoms with Crippen LogP contribution in [0.25, 0.3) is 0 Å². The maximum Gasteiger partial charge on any atom is 0.319 e. The van der Waals surface area contributed by atoms with Gasteiger partial charge in [0, 0.05) is 51.0 Å². The van der Waals surface area contributed by atoms with Crippen LogP contribution in [0.4, 0.5) is 10.5 Å². The number of carbonyl (C=O) groups is 1. The number of nitrogens with zero attached hydrogens (tertiary/aromatic N) is 2. The van der Waals surface area contributed by atoms with E-state index in [1.165, 1.54) is 5.56 Å². The van der Waals surface area contributed by atoms with E-state index in [-0.39, 0.29) is 6.03 Å². The third kappa shape index (κ3) is 8.54. The van der Waals surface area contributed by atoms with E-state index in [0.29, 0.717) is 36.3 Å². The number of carbonyl (C=O) groups excluding carboxylic acids is 1. The van der Waals surface area contributed by atoms with E-state index in [4.69, 9.17) is 9.47 Å². The number of benzene rings is 2. The van der Waals surface area contributed by atoms with Gasteiger partial charge in [-0.05, 0) is 49.1 Å². The number of ether oxygens (including phenoxy) is 2. The first kappa shape index (κ1) is 25.8. The molecule has 3 rings (SSSR count). The number of rotatable bonds is 11. The van der Waals surface area contributed by atoms with Crippen molar-refractivity contribution < 1.29 is 14.3 Å². The van der Waals surface area contributed by atoms with E-state index < -0.39 is 0 Å². The number of piperazine rings is 1.